The van der Waals surface area contributed by atoms with Crippen LogP contribution in [0, 0.1) is 5.92 Å². The van der Waals surface area contributed by atoms with E-state index in [9.17, 15) is 0 Å². The van der Waals surface area contributed by atoms with Gasteiger partial charge in [0.25, 0.3) is 0 Å². The third-order valence-corrected chi connectivity index (χ3v) is 2.84. The maximum Gasteiger partial charge on any atom is 0.00700 e. The lowest BCUT2D eigenvalue weighted by molar-refractivity contribution is 0.429. The smallest absolute Gasteiger partial charge is 0.00700 e. The molecule has 0 spiro atoms. The van der Waals surface area contributed by atoms with Gasteiger partial charge in [0.1, 0.15) is 0 Å². The zero-order chi connectivity index (χ0) is 8.27. The lowest BCUT2D eigenvalue weighted by Gasteiger charge is -2.13. The Hall–Kier alpha value is -0.0400. The molecule has 66 valence electrons. The van der Waals surface area contributed by atoms with Gasteiger partial charge in [0, 0.05) is 12.1 Å². The molecule has 1 heteroatoms. The largest absolute Gasteiger partial charge is 0.311 e. The summed E-state index contributed by atoms with van der Waals surface area (Å²) >= 11 is 0. The number of rotatable bonds is 3. The molecule has 1 saturated heterocycles. The average molecular weight is 155 g/mol. The average Bonchev–Trinajstić information content (AvgIpc) is 2.26. The Morgan fingerprint density at radius 1 is 1.36 bits per heavy atom. The highest BCUT2D eigenvalue weighted by molar-refractivity contribution is 4.85. The fraction of sp³-hybridized carbons (Fsp3) is 1.00. The van der Waals surface area contributed by atoms with Crippen molar-refractivity contribution >= 4 is 0 Å². The van der Waals surface area contributed by atoms with Crippen molar-refractivity contribution in [1.82, 2.24) is 5.32 Å². The summed E-state index contributed by atoms with van der Waals surface area (Å²) in [4.78, 5) is 0. The zero-order valence-corrected chi connectivity index (χ0v) is 8.06. The maximum atomic E-state index is 3.58. The van der Waals surface area contributed by atoms with Gasteiger partial charge in [0.2, 0.25) is 0 Å². The standard InChI is InChI=1S/C10H21N/c1-4-5-6-10-7-8(2)11-9(10)3/h8-11H,4-7H2,1-3H3. The fourth-order valence-electron chi connectivity index (χ4n) is 2.15. The molecule has 1 fully saturated rings. The van der Waals surface area contributed by atoms with Crippen LogP contribution in [0.2, 0.25) is 0 Å². The molecule has 0 aromatic rings. The summed E-state index contributed by atoms with van der Waals surface area (Å²) in [5.41, 5.74) is 0. The fourth-order valence-corrected chi connectivity index (χ4v) is 2.15. The highest BCUT2D eigenvalue weighted by atomic mass is 15.0. The van der Waals surface area contributed by atoms with E-state index in [1.165, 1.54) is 25.7 Å². The van der Waals surface area contributed by atoms with E-state index in [0.29, 0.717) is 0 Å². The Labute approximate surface area is 70.6 Å². The van der Waals surface area contributed by atoms with Crippen LogP contribution >= 0.6 is 0 Å². The van der Waals surface area contributed by atoms with Gasteiger partial charge in [-0.25, -0.2) is 0 Å². The topological polar surface area (TPSA) is 12.0 Å². The Kier molecular flexibility index (Phi) is 3.38. The molecule has 3 unspecified atom stereocenters. The molecule has 1 aliphatic heterocycles. The second kappa shape index (κ2) is 4.10. The minimum Gasteiger partial charge on any atom is -0.311 e. The van der Waals surface area contributed by atoms with E-state index in [-0.39, 0.29) is 0 Å². The highest BCUT2D eigenvalue weighted by Crippen LogP contribution is 2.24. The van der Waals surface area contributed by atoms with Gasteiger partial charge in [0.05, 0.1) is 0 Å². The molecule has 0 amide bonds. The highest BCUT2D eigenvalue weighted by Gasteiger charge is 2.26. The number of hydrogen-bond acceptors (Lipinski definition) is 1. The van der Waals surface area contributed by atoms with Crippen LogP contribution < -0.4 is 5.32 Å². The van der Waals surface area contributed by atoms with E-state index in [4.69, 9.17) is 0 Å². The first kappa shape index (κ1) is 9.05. The molecule has 1 aliphatic rings. The van der Waals surface area contributed by atoms with Gasteiger partial charge in [-0.3, -0.25) is 0 Å². The lowest BCUT2D eigenvalue weighted by Crippen LogP contribution is -2.26. The van der Waals surface area contributed by atoms with Crippen LogP contribution in [0.25, 0.3) is 0 Å². The first-order valence-corrected chi connectivity index (χ1v) is 5.00. The number of nitrogens with one attached hydrogen (secondary N) is 1. The SMILES string of the molecule is CCCCC1CC(C)NC1C. The molecule has 1 nitrogen and oxygen atoms in total. The van der Waals surface area contributed by atoms with Gasteiger partial charge in [0.15, 0.2) is 0 Å². The van der Waals surface area contributed by atoms with Crippen molar-refractivity contribution in [3.05, 3.63) is 0 Å². The van der Waals surface area contributed by atoms with Gasteiger partial charge in [-0.1, -0.05) is 19.8 Å². The molecule has 0 bridgehead atoms. The van der Waals surface area contributed by atoms with Crippen molar-refractivity contribution in [1.29, 1.82) is 0 Å². The molecule has 1 N–H and O–H groups in total. The van der Waals surface area contributed by atoms with Crippen molar-refractivity contribution in [3.63, 3.8) is 0 Å². The summed E-state index contributed by atoms with van der Waals surface area (Å²) in [6.07, 6.45) is 5.57. The molecular formula is C10H21N. The van der Waals surface area contributed by atoms with Crippen LogP contribution in [0.1, 0.15) is 46.5 Å². The number of hydrogen-bond donors (Lipinski definition) is 1. The molecule has 0 aromatic heterocycles. The third-order valence-electron chi connectivity index (χ3n) is 2.84. The molecule has 0 saturated carbocycles. The van der Waals surface area contributed by atoms with E-state index in [2.05, 4.69) is 26.1 Å². The summed E-state index contributed by atoms with van der Waals surface area (Å²) in [7, 11) is 0. The first-order chi connectivity index (χ1) is 5.24. The summed E-state index contributed by atoms with van der Waals surface area (Å²) in [6, 6.07) is 1.52. The molecule has 1 rings (SSSR count). The molecule has 0 aliphatic carbocycles. The van der Waals surface area contributed by atoms with Crippen molar-refractivity contribution < 1.29 is 0 Å². The molecular weight excluding hydrogens is 134 g/mol. The zero-order valence-electron chi connectivity index (χ0n) is 8.06. The van der Waals surface area contributed by atoms with Crippen LogP contribution in [0.15, 0.2) is 0 Å². The molecule has 0 aromatic carbocycles. The summed E-state index contributed by atoms with van der Waals surface area (Å²) < 4.78 is 0. The Morgan fingerprint density at radius 2 is 2.09 bits per heavy atom. The van der Waals surface area contributed by atoms with Crippen molar-refractivity contribution in [2.24, 2.45) is 5.92 Å². The first-order valence-electron chi connectivity index (χ1n) is 5.00. The minimum absolute atomic E-state index is 0.756. The van der Waals surface area contributed by atoms with Crippen LogP contribution in [0.5, 0.6) is 0 Å². The molecule has 1 heterocycles. The normalized spacial score (nSPS) is 37.9. The van der Waals surface area contributed by atoms with E-state index < -0.39 is 0 Å². The quantitative estimate of drug-likeness (QED) is 0.660. The summed E-state index contributed by atoms with van der Waals surface area (Å²) in [5, 5.41) is 3.58. The Bertz CT molecular complexity index is 111. The lowest BCUT2D eigenvalue weighted by atomic mass is 9.94. The van der Waals surface area contributed by atoms with E-state index in [1.54, 1.807) is 0 Å². The van der Waals surface area contributed by atoms with Gasteiger partial charge < -0.3 is 5.32 Å². The maximum absolute atomic E-state index is 3.58. The predicted octanol–water partition coefficient (Wildman–Crippen LogP) is 2.56. The third kappa shape index (κ3) is 2.48. The number of unbranched alkanes of at least 4 members (excludes halogenated alkanes) is 1. The van der Waals surface area contributed by atoms with Gasteiger partial charge >= 0.3 is 0 Å². The van der Waals surface area contributed by atoms with Crippen LogP contribution in [-0.2, 0) is 0 Å². The van der Waals surface area contributed by atoms with Crippen LogP contribution in [0.3, 0.4) is 0 Å². The van der Waals surface area contributed by atoms with Crippen molar-refractivity contribution in [2.45, 2.75) is 58.5 Å². The van der Waals surface area contributed by atoms with E-state index in [0.717, 1.165) is 18.0 Å². The Balaban J connectivity index is 2.23. The second-order valence-electron chi connectivity index (χ2n) is 3.99. The summed E-state index contributed by atoms with van der Waals surface area (Å²) in [6.45, 7) is 6.89. The van der Waals surface area contributed by atoms with Crippen LogP contribution in [-0.4, -0.2) is 12.1 Å². The Morgan fingerprint density at radius 3 is 2.55 bits per heavy atom. The monoisotopic (exact) mass is 155 g/mol. The van der Waals surface area contributed by atoms with Crippen LogP contribution in [0.4, 0.5) is 0 Å². The van der Waals surface area contributed by atoms with E-state index in [1.807, 2.05) is 0 Å². The van der Waals surface area contributed by atoms with E-state index >= 15 is 0 Å². The van der Waals surface area contributed by atoms with Gasteiger partial charge in [-0.15, -0.1) is 0 Å². The second-order valence-corrected chi connectivity index (χ2v) is 3.99. The van der Waals surface area contributed by atoms with Gasteiger partial charge in [-0.2, -0.15) is 0 Å². The minimum atomic E-state index is 0.756. The van der Waals surface area contributed by atoms with Gasteiger partial charge in [-0.05, 0) is 32.6 Å². The molecule has 0 radical (unpaired) electrons. The summed E-state index contributed by atoms with van der Waals surface area (Å²) in [5.74, 6) is 0.949. The molecule has 11 heavy (non-hydrogen) atoms. The van der Waals surface area contributed by atoms with Crippen molar-refractivity contribution in [3.8, 4) is 0 Å². The predicted molar refractivity (Wildman–Crippen MR) is 49.7 cm³/mol. The molecule has 3 atom stereocenters. The van der Waals surface area contributed by atoms with Crippen molar-refractivity contribution in [2.75, 3.05) is 0 Å².